The quantitative estimate of drug-likeness (QED) is 0.801. The lowest BCUT2D eigenvalue weighted by atomic mass is 10.4. The Labute approximate surface area is 118 Å². The van der Waals surface area contributed by atoms with Gasteiger partial charge in [-0.15, -0.1) is 10.2 Å². The molecule has 0 radical (unpaired) electrons. The Bertz CT molecular complexity index is 723. The predicted octanol–water partition coefficient (Wildman–Crippen LogP) is 2.20. The van der Waals surface area contributed by atoms with Gasteiger partial charge in [0, 0.05) is 6.20 Å². The number of nitrogens with zero attached hydrogens (tertiary/aromatic N) is 5. The molecule has 6 nitrogen and oxygen atoms in total. The molecular formula is C12H11BrN6. The van der Waals surface area contributed by atoms with Gasteiger partial charge in [0.15, 0.2) is 11.5 Å². The summed E-state index contributed by atoms with van der Waals surface area (Å²) in [5, 5.41) is 11.5. The molecule has 0 unspecified atom stereocenters. The van der Waals surface area contributed by atoms with Crippen LogP contribution in [-0.4, -0.2) is 24.6 Å². The second-order valence-corrected chi connectivity index (χ2v) is 4.81. The van der Waals surface area contributed by atoms with Gasteiger partial charge in [-0.1, -0.05) is 6.07 Å². The summed E-state index contributed by atoms with van der Waals surface area (Å²) in [5.74, 6) is 1.58. The lowest BCUT2D eigenvalue weighted by molar-refractivity contribution is 0.906. The van der Waals surface area contributed by atoms with E-state index < -0.39 is 0 Å². The van der Waals surface area contributed by atoms with Crippen LogP contribution in [0.4, 0.5) is 5.82 Å². The Hall–Kier alpha value is -2.02. The summed E-state index contributed by atoms with van der Waals surface area (Å²) in [7, 11) is 0. The Kier molecular flexibility index (Phi) is 3.12. The lowest BCUT2D eigenvalue weighted by Crippen LogP contribution is -2.06. The largest absolute Gasteiger partial charge is 0.362 e. The fraction of sp³-hybridized carbons (Fsp3) is 0.167. The summed E-state index contributed by atoms with van der Waals surface area (Å²) in [6, 6.07) is 5.80. The average Bonchev–Trinajstić information content (AvgIpc) is 2.84. The number of aromatic nitrogens is 5. The van der Waals surface area contributed by atoms with Crippen molar-refractivity contribution in [3.05, 3.63) is 46.7 Å². The molecule has 0 saturated heterocycles. The smallest absolute Gasteiger partial charge is 0.160 e. The highest BCUT2D eigenvalue weighted by molar-refractivity contribution is 9.10. The highest BCUT2D eigenvalue weighted by Gasteiger charge is 2.07. The van der Waals surface area contributed by atoms with Crippen LogP contribution in [0.5, 0.6) is 0 Å². The first kappa shape index (κ1) is 12.0. The highest BCUT2D eigenvalue weighted by Crippen LogP contribution is 2.21. The zero-order valence-electron chi connectivity index (χ0n) is 10.2. The molecule has 0 amide bonds. The minimum absolute atomic E-state index is 0.542. The molecule has 1 N–H and O–H groups in total. The van der Waals surface area contributed by atoms with Crippen LogP contribution in [0.25, 0.3) is 5.65 Å². The van der Waals surface area contributed by atoms with E-state index in [1.165, 1.54) is 6.33 Å². The zero-order chi connectivity index (χ0) is 13.2. The predicted molar refractivity (Wildman–Crippen MR) is 74.8 cm³/mol. The Morgan fingerprint density at radius 1 is 1.26 bits per heavy atom. The van der Waals surface area contributed by atoms with Crippen molar-refractivity contribution in [1.29, 1.82) is 0 Å². The molecule has 0 spiro atoms. The number of aryl methyl sites for hydroxylation is 1. The number of halogens is 1. The lowest BCUT2D eigenvalue weighted by Gasteiger charge is -2.07. The maximum atomic E-state index is 4.19. The summed E-state index contributed by atoms with van der Waals surface area (Å²) in [6.07, 6.45) is 3.47. The summed E-state index contributed by atoms with van der Waals surface area (Å²) >= 11 is 3.46. The van der Waals surface area contributed by atoms with E-state index in [2.05, 4.69) is 41.4 Å². The van der Waals surface area contributed by atoms with E-state index in [1.807, 2.05) is 35.7 Å². The topological polar surface area (TPSA) is 68.0 Å². The van der Waals surface area contributed by atoms with E-state index in [4.69, 9.17) is 0 Å². The fourth-order valence-electron chi connectivity index (χ4n) is 1.76. The number of pyridine rings is 1. The number of anilines is 1. The van der Waals surface area contributed by atoms with Crippen LogP contribution in [0.2, 0.25) is 0 Å². The third-order valence-corrected chi connectivity index (χ3v) is 3.71. The second kappa shape index (κ2) is 4.93. The molecular weight excluding hydrogens is 308 g/mol. The van der Waals surface area contributed by atoms with Crippen LogP contribution in [0, 0.1) is 6.92 Å². The summed E-state index contributed by atoms with van der Waals surface area (Å²) in [5.41, 5.74) is 1.72. The molecule has 19 heavy (non-hydrogen) atoms. The monoisotopic (exact) mass is 318 g/mol. The number of fused-ring (bicyclic) bond motifs is 1. The van der Waals surface area contributed by atoms with Gasteiger partial charge >= 0.3 is 0 Å². The third kappa shape index (κ3) is 2.28. The van der Waals surface area contributed by atoms with Gasteiger partial charge in [-0.3, -0.25) is 4.40 Å². The molecule has 0 aliphatic heterocycles. The standard InChI is InChI=1S/C12H11BrN6/c1-8-11(13)12(16-7-15-8)14-6-10-18-17-9-4-2-3-5-19(9)10/h2-5,7H,6H2,1H3,(H,14,15,16). The molecule has 7 heteroatoms. The van der Waals surface area contributed by atoms with Gasteiger partial charge in [-0.05, 0) is 35.0 Å². The molecule has 3 aromatic heterocycles. The van der Waals surface area contributed by atoms with Gasteiger partial charge in [0.05, 0.1) is 16.7 Å². The summed E-state index contributed by atoms with van der Waals surface area (Å²) in [4.78, 5) is 8.30. The summed E-state index contributed by atoms with van der Waals surface area (Å²) in [6.45, 7) is 2.46. The van der Waals surface area contributed by atoms with E-state index in [0.29, 0.717) is 6.54 Å². The van der Waals surface area contributed by atoms with Gasteiger partial charge in [-0.25, -0.2) is 9.97 Å². The number of hydrogen-bond donors (Lipinski definition) is 1. The van der Waals surface area contributed by atoms with Crippen LogP contribution in [0.15, 0.2) is 35.2 Å². The van der Waals surface area contributed by atoms with Crippen molar-refractivity contribution in [2.24, 2.45) is 0 Å². The van der Waals surface area contributed by atoms with Gasteiger partial charge in [-0.2, -0.15) is 0 Å². The van der Waals surface area contributed by atoms with E-state index in [1.54, 1.807) is 0 Å². The van der Waals surface area contributed by atoms with Crippen molar-refractivity contribution >= 4 is 27.4 Å². The molecule has 0 bridgehead atoms. The van der Waals surface area contributed by atoms with Crippen LogP contribution < -0.4 is 5.32 Å². The molecule has 0 aromatic carbocycles. The molecule has 96 valence electrons. The molecule has 0 atom stereocenters. The Morgan fingerprint density at radius 2 is 2.16 bits per heavy atom. The molecule has 0 aliphatic rings. The average molecular weight is 319 g/mol. The molecule has 0 saturated carbocycles. The molecule has 0 fully saturated rings. The highest BCUT2D eigenvalue weighted by atomic mass is 79.9. The number of hydrogen-bond acceptors (Lipinski definition) is 5. The van der Waals surface area contributed by atoms with Crippen molar-refractivity contribution in [3.8, 4) is 0 Å². The molecule has 3 rings (SSSR count). The van der Waals surface area contributed by atoms with Gasteiger partial charge in [0.2, 0.25) is 0 Å². The first-order valence-electron chi connectivity index (χ1n) is 5.75. The Balaban J connectivity index is 1.84. The van der Waals surface area contributed by atoms with Gasteiger partial charge < -0.3 is 5.32 Å². The van der Waals surface area contributed by atoms with Crippen LogP contribution in [0.3, 0.4) is 0 Å². The summed E-state index contributed by atoms with van der Waals surface area (Å²) < 4.78 is 2.80. The maximum Gasteiger partial charge on any atom is 0.160 e. The normalized spacial score (nSPS) is 10.8. The van der Waals surface area contributed by atoms with E-state index in [-0.39, 0.29) is 0 Å². The van der Waals surface area contributed by atoms with E-state index >= 15 is 0 Å². The van der Waals surface area contributed by atoms with Gasteiger partial charge in [0.1, 0.15) is 12.1 Å². The van der Waals surface area contributed by atoms with Crippen molar-refractivity contribution in [2.45, 2.75) is 13.5 Å². The van der Waals surface area contributed by atoms with Crippen LogP contribution in [0.1, 0.15) is 11.5 Å². The Morgan fingerprint density at radius 3 is 3.05 bits per heavy atom. The van der Waals surface area contributed by atoms with Crippen LogP contribution in [-0.2, 0) is 6.54 Å². The van der Waals surface area contributed by atoms with Crippen LogP contribution >= 0.6 is 15.9 Å². The number of nitrogens with one attached hydrogen (secondary N) is 1. The number of rotatable bonds is 3. The fourth-order valence-corrected chi connectivity index (χ4v) is 2.10. The molecule has 0 aliphatic carbocycles. The molecule has 3 aromatic rings. The van der Waals surface area contributed by atoms with Gasteiger partial charge in [0.25, 0.3) is 0 Å². The minimum Gasteiger partial charge on any atom is -0.362 e. The maximum absolute atomic E-state index is 4.19. The van der Waals surface area contributed by atoms with E-state index in [9.17, 15) is 0 Å². The second-order valence-electron chi connectivity index (χ2n) is 4.02. The van der Waals surface area contributed by atoms with Crippen molar-refractivity contribution in [3.63, 3.8) is 0 Å². The van der Waals surface area contributed by atoms with Crippen molar-refractivity contribution in [2.75, 3.05) is 5.32 Å². The van der Waals surface area contributed by atoms with E-state index in [0.717, 1.165) is 27.5 Å². The first-order valence-corrected chi connectivity index (χ1v) is 6.54. The first-order chi connectivity index (χ1) is 9.25. The minimum atomic E-state index is 0.542. The molecule has 3 heterocycles. The van der Waals surface area contributed by atoms with Crippen molar-refractivity contribution in [1.82, 2.24) is 24.6 Å². The SMILES string of the molecule is Cc1ncnc(NCc2nnc3ccccn23)c1Br. The van der Waals surface area contributed by atoms with Crippen molar-refractivity contribution < 1.29 is 0 Å². The third-order valence-electron chi connectivity index (χ3n) is 2.76. The zero-order valence-corrected chi connectivity index (χ0v) is 11.8.